The van der Waals surface area contributed by atoms with Gasteiger partial charge in [-0.25, -0.2) is 4.57 Å². The highest BCUT2D eigenvalue weighted by molar-refractivity contribution is 7.47. The average molecular weight is 1140 g/mol. The molecule has 0 saturated heterocycles. The second-order valence-electron chi connectivity index (χ2n) is 25.3. The van der Waals surface area contributed by atoms with Gasteiger partial charge in [-0.05, 0) is 38.5 Å². The van der Waals surface area contributed by atoms with Crippen molar-refractivity contribution >= 4 is 19.8 Å². The van der Waals surface area contributed by atoms with Gasteiger partial charge in [-0.15, -0.1) is 0 Å². The first-order valence-corrected chi connectivity index (χ1v) is 36.4. The van der Waals surface area contributed by atoms with E-state index in [1.54, 1.807) is 0 Å². The van der Waals surface area contributed by atoms with E-state index < -0.39 is 26.5 Å². The van der Waals surface area contributed by atoms with E-state index in [4.69, 9.17) is 18.5 Å². The number of rotatable bonds is 66. The van der Waals surface area contributed by atoms with Gasteiger partial charge in [-0.2, -0.15) is 0 Å². The summed E-state index contributed by atoms with van der Waals surface area (Å²) in [7, 11) is 1.50. The van der Waals surface area contributed by atoms with Crippen molar-refractivity contribution < 1.29 is 42.1 Å². The highest BCUT2D eigenvalue weighted by Gasteiger charge is 2.27. The summed E-state index contributed by atoms with van der Waals surface area (Å²) in [5, 5.41) is 0. The van der Waals surface area contributed by atoms with Crippen LogP contribution in [-0.4, -0.2) is 74.9 Å². The maximum Gasteiger partial charge on any atom is 0.472 e. The lowest BCUT2D eigenvalue weighted by molar-refractivity contribution is -0.870. The fourth-order valence-corrected chi connectivity index (χ4v) is 11.4. The minimum absolute atomic E-state index is 0.0365. The van der Waals surface area contributed by atoms with Crippen LogP contribution in [0.1, 0.15) is 367 Å². The predicted octanol–water partition coefficient (Wildman–Crippen LogP) is 22.3. The van der Waals surface area contributed by atoms with Gasteiger partial charge in [-0.1, -0.05) is 328 Å². The molecule has 0 aromatic heterocycles. The van der Waals surface area contributed by atoms with Crippen LogP contribution in [0.5, 0.6) is 0 Å². The van der Waals surface area contributed by atoms with Crippen molar-refractivity contribution in [2.45, 2.75) is 373 Å². The molecule has 79 heavy (non-hydrogen) atoms. The highest BCUT2D eigenvalue weighted by Crippen LogP contribution is 2.43. The number of nitrogens with zero attached hydrogens (tertiary/aromatic N) is 1. The fourth-order valence-electron chi connectivity index (χ4n) is 10.7. The normalized spacial score (nSPS) is 13.1. The lowest BCUT2D eigenvalue weighted by Crippen LogP contribution is -2.37. The molecule has 0 fully saturated rings. The molecule has 0 aromatic rings. The minimum Gasteiger partial charge on any atom is -0.462 e. The third-order valence-corrected chi connectivity index (χ3v) is 17.0. The Morgan fingerprint density at radius 3 is 0.937 bits per heavy atom. The number of allylic oxidation sites excluding steroid dienone is 2. The molecular formula is C69H137NO8P+. The maximum atomic E-state index is 12.9. The molecule has 2 unspecified atom stereocenters. The zero-order chi connectivity index (χ0) is 57.7. The number of carbonyl (C=O) groups is 2. The first kappa shape index (κ1) is 77.8. The van der Waals surface area contributed by atoms with Crippen LogP contribution in [0.2, 0.25) is 0 Å². The van der Waals surface area contributed by atoms with Crippen molar-refractivity contribution in [1.29, 1.82) is 0 Å². The Morgan fingerprint density at radius 2 is 0.646 bits per heavy atom. The summed E-state index contributed by atoms with van der Waals surface area (Å²) < 4.78 is 34.7. The van der Waals surface area contributed by atoms with Crippen molar-refractivity contribution in [3.05, 3.63) is 12.2 Å². The number of unbranched alkanes of at least 4 members (excludes halogenated alkanes) is 50. The van der Waals surface area contributed by atoms with Gasteiger partial charge in [0.05, 0.1) is 27.7 Å². The summed E-state index contributed by atoms with van der Waals surface area (Å²) in [6, 6.07) is 0. The van der Waals surface area contributed by atoms with Crippen LogP contribution in [-0.2, 0) is 32.7 Å². The third kappa shape index (κ3) is 65.8. The Bertz CT molecular complexity index is 1340. The van der Waals surface area contributed by atoms with Crippen molar-refractivity contribution in [1.82, 2.24) is 0 Å². The van der Waals surface area contributed by atoms with Gasteiger partial charge in [0.1, 0.15) is 19.8 Å². The van der Waals surface area contributed by atoms with Crippen LogP contribution < -0.4 is 0 Å². The van der Waals surface area contributed by atoms with Crippen LogP contribution in [0.25, 0.3) is 0 Å². The number of quaternary nitrogens is 1. The van der Waals surface area contributed by atoms with E-state index in [-0.39, 0.29) is 25.6 Å². The topological polar surface area (TPSA) is 108 Å². The van der Waals surface area contributed by atoms with Gasteiger partial charge in [0.15, 0.2) is 6.10 Å². The molecule has 10 heteroatoms. The summed E-state index contributed by atoms with van der Waals surface area (Å²) in [5.74, 6) is -0.771. The van der Waals surface area contributed by atoms with Gasteiger partial charge in [0, 0.05) is 12.8 Å². The van der Waals surface area contributed by atoms with Gasteiger partial charge in [0.2, 0.25) is 0 Å². The van der Waals surface area contributed by atoms with E-state index in [0.717, 1.165) is 38.5 Å². The molecule has 9 nitrogen and oxygen atoms in total. The molecule has 470 valence electrons. The SMILES string of the molecule is CCCCCCCCCC/C=C\CCCCCCCCCCCCCCCCCCCC(=O)OC(COC(=O)CCCCCCCCCCCCCCCCCCCCCCCCCCCC)COP(=O)(O)OCC[N+](C)(C)C. The molecule has 0 spiro atoms. The Kier molecular flexibility index (Phi) is 60.3. The summed E-state index contributed by atoms with van der Waals surface area (Å²) in [4.78, 5) is 35.9. The van der Waals surface area contributed by atoms with Crippen molar-refractivity contribution in [3.8, 4) is 0 Å². The van der Waals surface area contributed by atoms with E-state index in [1.165, 1.54) is 302 Å². The van der Waals surface area contributed by atoms with Gasteiger partial charge in [-0.3, -0.25) is 18.6 Å². The van der Waals surface area contributed by atoms with Gasteiger partial charge >= 0.3 is 19.8 Å². The number of hydrogen-bond acceptors (Lipinski definition) is 7. The summed E-state index contributed by atoms with van der Waals surface area (Å²) in [5.41, 5.74) is 0. The highest BCUT2D eigenvalue weighted by atomic mass is 31.2. The molecule has 0 aliphatic heterocycles. The molecule has 0 rings (SSSR count). The molecule has 0 aromatic carbocycles. The summed E-state index contributed by atoms with van der Waals surface area (Å²) >= 11 is 0. The number of phosphoric ester groups is 1. The number of phosphoric acid groups is 1. The predicted molar refractivity (Wildman–Crippen MR) is 340 cm³/mol. The lowest BCUT2D eigenvalue weighted by Gasteiger charge is -2.24. The van der Waals surface area contributed by atoms with Gasteiger partial charge < -0.3 is 18.9 Å². The zero-order valence-electron chi connectivity index (χ0n) is 53.7. The second-order valence-corrected chi connectivity index (χ2v) is 26.7. The van der Waals surface area contributed by atoms with Crippen LogP contribution in [0, 0.1) is 0 Å². The van der Waals surface area contributed by atoms with E-state index in [2.05, 4.69) is 26.0 Å². The van der Waals surface area contributed by atoms with Crippen molar-refractivity contribution in [2.75, 3.05) is 47.5 Å². The Labute approximate surface area is 492 Å². The standard InChI is InChI=1S/C69H136NO8P/c1-6-8-10-12-14-16-18-20-22-24-26-28-30-32-34-35-36-38-40-42-44-46-48-50-52-54-56-58-60-62-69(72)78-67(66-77-79(73,74)76-64-63-70(3,4)5)65-75-68(71)61-59-57-55-53-51-49-47-45-43-41-39-37-33-31-29-27-25-23-21-19-17-15-13-11-9-7-2/h24,26,67H,6-23,25,27-66H2,1-5H3/p+1/b26-24-. The molecule has 0 heterocycles. The minimum atomic E-state index is -4.39. The molecule has 0 bridgehead atoms. The van der Waals surface area contributed by atoms with Crippen molar-refractivity contribution in [2.24, 2.45) is 0 Å². The largest absolute Gasteiger partial charge is 0.472 e. The molecule has 0 amide bonds. The number of likely N-dealkylation sites (N-methyl/N-ethyl adjacent to an activating group) is 1. The Morgan fingerprint density at radius 1 is 0.380 bits per heavy atom. The summed E-state index contributed by atoms with van der Waals surface area (Å²) in [6.07, 6.45) is 74.6. The number of carbonyl (C=O) groups excluding carboxylic acids is 2. The van der Waals surface area contributed by atoms with Crippen molar-refractivity contribution in [3.63, 3.8) is 0 Å². The maximum absolute atomic E-state index is 12.9. The van der Waals surface area contributed by atoms with Crippen LogP contribution in [0.3, 0.4) is 0 Å². The first-order valence-electron chi connectivity index (χ1n) is 34.9. The molecular weight excluding hydrogens is 1000 g/mol. The molecule has 0 saturated carbocycles. The van der Waals surface area contributed by atoms with E-state index >= 15 is 0 Å². The second kappa shape index (κ2) is 61.3. The fraction of sp³-hybridized carbons (Fsp3) is 0.942. The van der Waals surface area contributed by atoms with Crippen LogP contribution in [0.15, 0.2) is 12.2 Å². The number of ether oxygens (including phenoxy) is 2. The quantitative estimate of drug-likeness (QED) is 0.0211. The third-order valence-electron chi connectivity index (χ3n) is 16.0. The lowest BCUT2D eigenvalue weighted by atomic mass is 10.0. The molecule has 0 aliphatic rings. The average Bonchev–Trinajstić information content (AvgIpc) is 3.41. The molecule has 0 aliphatic carbocycles. The molecule has 1 N–H and O–H groups in total. The van der Waals surface area contributed by atoms with E-state index in [0.29, 0.717) is 17.4 Å². The monoisotopic (exact) mass is 1140 g/mol. The van der Waals surface area contributed by atoms with Crippen LogP contribution >= 0.6 is 7.82 Å². The molecule has 0 radical (unpaired) electrons. The van der Waals surface area contributed by atoms with E-state index in [1.807, 2.05) is 21.1 Å². The number of esters is 2. The van der Waals surface area contributed by atoms with Crippen LogP contribution in [0.4, 0.5) is 0 Å². The summed E-state index contributed by atoms with van der Waals surface area (Å²) in [6.45, 7) is 4.52. The number of hydrogen-bond donors (Lipinski definition) is 1. The van der Waals surface area contributed by atoms with Gasteiger partial charge in [0.25, 0.3) is 0 Å². The Balaban J connectivity index is 3.99. The zero-order valence-corrected chi connectivity index (χ0v) is 54.5. The van der Waals surface area contributed by atoms with E-state index in [9.17, 15) is 19.0 Å². The smallest absolute Gasteiger partial charge is 0.462 e. The molecule has 2 atom stereocenters. The Hall–Kier alpha value is -1.25. The first-order chi connectivity index (χ1) is 38.5.